The van der Waals surface area contributed by atoms with Crippen LogP contribution in [0.1, 0.15) is 74.1 Å². The predicted octanol–water partition coefficient (Wildman–Crippen LogP) is 5.29. The van der Waals surface area contributed by atoms with Crippen LogP contribution >= 0.6 is 0 Å². The summed E-state index contributed by atoms with van der Waals surface area (Å²) in [5.41, 5.74) is 0. The third-order valence-electron chi connectivity index (χ3n) is 1.29. The van der Waals surface area contributed by atoms with Gasteiger partial charge < -0.3 is 4.74 Å². The Labute approximate surface area is 93.2 Å². The predicted molar refractivity (Wildman–Crippen MR) is 70.1 cm³/mol. The van der Waals surface area contributed by atoms with Crippen LogP contribution in [0.25, 0.3) is 0 Å². The van der Waals surface area contributed by atoms with Crippen molar-refractivity contribution < 1.29 is 4.74 Å². The summed E-state index contributed by atoms with van der Waals surface area (Å²) >= 11 is 0. The van der Waals surface area contributed by atoms with E-state index in [1.54, 1.807) is 7.11 Å². The monoisotopic (exact) mass is 206 g/mol. The molecule has 1 aliphatic carbocycles. The van der Waals surface area contributed by atoms with E-state index < -0.39 is 0 Å². The Bertz CT molecular complexity index is 26.2. The molecule has 1 aliphatic rings. The SMILES string of the molecule is C1CCC1.CC.CC.CC.CCOC. The van der Waals surface area contributed by atoms with Gasteiger partial charge in [-0.1, -0.05) is 67.2 Å². The molecule has 0 aromatic carbocycles. The summed E-state index contributed by atoms with van der Waals surface area (Å²) in [7, 11) is 1.68. The van der Waals surface area contributed by atoms with Crippen molar-refractivity contribution in [3.63, 3.8) is 0 Å². The molecule has 0 aliphatic heterocycles. The van der Waals surface area contributed by atoms with E-state index in [4.69, 9.17) is 0 Å². The summed E-state index contributed by atoms with van der Waals surface area (Å²) in [6.45, 7) is 14.8. The van der Waals surface area contributed by atoms with Crippen molar-refractivity contribution in [2.24, 2.45) is 0 Å². The second kappa shape index (κ2) is 52.2. The van der Waals surface area contributed by atoms with Gasteiger partial charge in [-0.2, -0.15) is 0 Å². The molecule has 0 bridgehead atoms. The zero-order chi connectivity index (χ0) is 12.2. The Hall–Kier alpha value is -0.0400. The molecule has 0 aromatic heterocycles. The lowest BCUT2D eigenvalue weighted by atomic mass is 10.0. The van der Waals surface area contributed by atoms with E-state index in [2.05, 4.69) is 4.74 Å². The molecule has 1 saturated carbocycles. The first kappa shape index (κ1) is 23.6. The first-order valence-electron chi connectivity index (χ1n) is 6.40. The molecule has 14 heavy (non-hydrogen) atoms. The summed E-state index contributed by atoms with van der Waals surface area (Å²) in [5.74, 6) is 0. The number of methoxy groups -OCH3 is 1. The second-order valence-corrected chi connectivity index (χ2v) is 1.99. The standard InChI is InChI=1S/C4H8.C3H8O.3C2H6/c1-2-4-3-1;1-3-4-2;3*1-2/h1-4H2;3H2,1-2H3;3*1-2H3. The molecule has 0 aromatic rings. The first-order chi connectivity index (χ1) is 6.91. The van der Waals surface area contributed by atoms with Crippen LogP contribution in [0.2, 0.25) is 0 Å². The number of ether oxygens (including phenoxy) is 1. The van der Waals surface area contributed by atoms with Gasteiger partial charge in [0, 0.05) is 13.7 Å². The van der Waals surface area contributed by atoms with Crippen LogP contribution in [-0.4, -0.2) is 13.7 Å². The van der Waals surface area contributed by atoms with Gasteiger partial charge in [0.25, 0.3) is 0 Å². The minimum Gasteiger partial charge on any atom is -0.385 e. The minimum atomic E-state index is 0.819. The van der Waals surface area contributed by atoms with Gasteiger partial charge in [-0.25, -0.2) is 0 Å². The van der Waals surface area contributed by atoms with Gasteiger partial charge in [-0.05, 0) is 6.92 Å². The average molecular weight is 206 g/mol. The van der Waals surface area contributed by atoms with Crippen LogP contribution in [0.3, 0.4) is 0 Å². The normalized spacial score (nSPS) is 10.3. The molecule has 1 fully saturated rings. The lowest BCUT2D eigenvalue weighted by Crippen LogP contribution is -1.85. The molecular weight excluding hydrogens is 172 g/mol. The van der Waals surface area contributed by atoms with Crippen LogP contribution in [0.15, 0.2) is 0 Å². The van der Waals surface area contributed by atoms with Gasteiger partial charge in [-0.15, -0.1) is 0 Å². The Kier molecular flexibility index (Phi) is 88.1. The van der Waals surface area contributed by atoms with Gasteiger partial charge in [0.1, 0.15) is 0 Å². The maximum absolute atomic E-state index is 4.54. The van der Waals surface area contributed by atoms with Gasteiger partial charge >= 0.3 is 0 Å². The van der Waals surface area contributed by atoms with Crippen molar-refractivity contribution in [1.29, 1.82) is 0 Å². The molecule has 0 spiro atoms. The molecule has 92 valence electrons. The second-order valence-electron chi connectivity index (χ2n) is 1.99. The average Bonchev–Trinajstić information content (AvgIpc) is 2.24. The van der Waals surface area contributed by atoms with Gasteiger partial charge in [-0.3, -0.25) is 0 Å². The summed E-state index contributed by atoms with van der Waals surface area (Å²) < 4.78 is 4.54. The fraction of sp³-hybridized carbons (Fsp3) is 1.00. The highest BCUT2D eigenvalue weighted by Gasteiger charge is 1.95. The van der Waals surface area contributed by atoms with E-state index >= 15 is 0 Å². The van der Waals surface area contributed by atoms with Crippen LogP contribution in [0.4, 0.5) is 0 Å². The summed E-state index contributed by atoms with van der Waals surface area (Å²) in [4.78, 5) is 0. The topological polar surface area (TPSA) is 9.23 Å². The number of rotatable bonds is 1. The third kappa shape index (κ3) is 58.4. The Morgan fingerprint density at radius 1 is 0.714 bits per heavy atom. The number of hydrogen-bond donors (Lipinski definition) is 0. The van der Waals surface area contributed by atoms with E-state index in [9.17, 15) is 0 Å². The van der Waals surface area contributed by atoms with E-state index in [0.29, 0.717) is 0 Å². The van der Waals surface area contributed by atoms with Crippen LogP contribution < -0.4 is 0 Å². The summed E-state index contributed by atoms with van der Waals surface area (Å²) in [6.07, 6.45) is 6.00. The highest BCUT2D eigenvalue weighted by Crippen LogP contribution is 2.15. The highest BCUT2D eigenvalue weighted by molar-refractivity contribution is 4.50. The smallest absolute Gasteiger partial charge is 0.0433 e. The Morgan fingerprint density at radius 3 is 0.857 bits per heavy atom. The van der Waals surface area contributed by atoms with Crippen molar-refractivity contribution in [3.8, 4) is 0 Å². The molecule has 0 N–H and O–H groups in total. The molecule has 1 nitrogen and oxygen atoms in total. The molecule has 1 heteroatoms. The van der Waals surface area contributed by atoms with E-state index in [1.165, 1.54) is 25.7 Å². The lowest BCUT2D eigenvalue weighted by Gasteiger charge is -2.05. The number of hydrogen-bond acceptors (Lipinski definition) is 1. The molecule has 0 heterocycles. The Balaban J connectivity index is -0.0000000475. The van der Waals surface area contributed by atoms with Gasteiger partial charge in [0.15, 0.2) is 0 Å². The maximum atomic E-state index is 4.54. The molecule has 0 unspecified atom stereocenters. The Morgan fingerprint density at radius 2 is 0.857 bits per heavy atom. The van der Waals surface area contributed by atoms with Gasteiger partial charge in [0.05, 0.1) is 0 Å². The molecule has 1 rings (SSSR count). The fourth-order valence-corrected chi connectivity index (χ4v) is 0.250. The van der Waals surface area contributed by atoms with Crippen LogP contribution in [0.5, 0.6) is 0 Å². The van der Waals surface area contributed by atoms with Gasteiger partial charge in [0.2, 0.25) is 0 Å². The molecule has 0 amide bonds. The highest BCUT2D eigenvalue weighted by atomic mass is 16.5. The zero-order valence-corrected chi connectivity index (χ0v) is 11.9. The largest absolute Gasteiger partial charge is 0.385 e. The zero-order valence-electron chi connectivity index (χ0n) is 11.9. The summed E-state index contributed by atoms with van der Waals surface area (Å²) in [5, 5.41) is 0. The van der Waals surface area contributed by atoms with Crippen molar-refractivity contribution in [2.45, 2.75) is 74.1 Å². The van der Waals surface area contributed by atoms with Crippen molar-refractivity contribution >= 4 is 0 Å². The van der Waals surface area contributed by atoms with Crippen molar-refractivity contribution in [3.05, 3.63) is 0 Å². The molecule has 0 atom stereocenters. The lowest BCUT2D eigenvalue weighted by molar-refractivity contribution is 0.215. The van der Waals surface area contributed by atoms with E-state index in [0.717, 1.165) is 6.61 Å². The molecule has 0 radical (unpaired) electrons. The van der Waals surface area contributed by atoms with E-state index in [1.807, 2.05) is 48.5 Å². The minimum absolute atomic E-state index is 0.819. The first-order valence-corrected chi connectivity index (χ1v) is 6.40. The fourth-order valence-electron chi connectivity index (χ4n) is 0.250. The quantitative estimate of drug-likeness (QED) is 0.566. The molecular formula is C13H34O. The van der Waals surface area contributed by atoms with Crippen LogP contribution in [0, 0.1) is 0 Å². The van der Waals surface area contributed by atoms with Crippen molar-refractivity contribution in [2.75, 3.05) is 13.7 Å². The van der Waals surface area contributed by atoms with Crippen molar-refractivity contribution in [1.82, 2.24) is 0 Å². The third-order valence-corrected chi connectivity index (χ3v) is 1.29. The summed E-state index contributed by atoms with van der Waals surface area (Å²) in [6, 6.07) is 0. The van der Waals surface area contributed by atoms with Crippen LogP contribution in [-0.2, 0) is 4.74 Å². The molecule has 0 saturated heterocycles. The van der Waals surface area contributed by atoms with E-state index in [-0.39, 0.29) is 0 Å². The maximum Gasteiger partial charge on any atom is 0.0433 e.